The van der Waals surface area contributed by atoms with Gasteiger partial charge in [0.15, 0.2) is 5.96 Å². The average Bonchev–Trinajstić information content (AvgIpc) is 1.83. The summed E-state index contributed by atoms with van der Waals surface area (Å²) in [6, 6.07) is 0. The Balaban J connectivity index is 0. The van der Waals surface area contributed by atoms with Gasteiger partial charge in [-0.1, -0.05) is 0 Å². The van der Waals surface area contributed by atoms with E-state index in [-0.39, 0.29) is 19.0 Å². The second-order valence-corrected chi connectivity index (χ2v) is 1.26. The molecule has 0 amide bonds. The first kappa shape index (κ1) is 11.3. The minimum Gasteiger partial charge on any atom is -0.395 e. The molecule has 0 radical (unpaired) electrons. The van der Waals surface area contributed by atoms with Gasteiger partial charge in [-0.3, -0.25) is 4.99 Å². The van der Waals surface area contributed by atoms with E-state index in [2.05, 4.69) is 10.3 Å². The summed E-state index contributed by atoms with van der Waals surface area (Å²) in [6.45, 7) is 0.541. The van der Waals surface area contributed by atoms with Crippen LogP contribution >= 0.6 is 12.4 Å². The highest BCUT2D eigenvalue weighted by atomic mass is 35.5. The SMILES string of the molecule is CN=C(N)NCCO.Cl. The fourth-order valence-electron chi connectivity index (χ4n) is 0.263. The Kier molecular flexibility index (Phi) is 9.47. The maximum absolute atomic E-state index is 8.24. The average molecular weight is 154 g/mol. The molecule has 56 valence electrons. The Morgan fingerprint density at radius 1 is 1.78 bits per heavy atom. The van der Waals surface area contributed by atoms with Crippen LogP contribution in [-0.2, 0) is 0 Å². The highest BCUT2D eigenvalue weighted by Crippen LogP contribution is 1.56. The van der Waals surface area contributed by atoms with Crippen molar-refractivity contribution < 1.29 is 5.11 Å². The number of hydrogen-bond donors (Lipinski definition) is 3. The molecule has 0 unspecified atom stereocenters. The number of aliphatic imine (C=N–C) groups is 1. The zero-order chi connectivity index (χ0) is 6.41. The number of rotatable bonds is 2. The fraction of sp³-hybridized carbons (Fsp3) is 0.750. The standard InChI is InChI=1S/C4H11N3O.ClH/c1-6-4(5)7-2-3-8;/h8H,2-3H2,1H3,(H3,5,6,7);1H. The number of nitrogens with zero attached hydrogens (tertiary/aromatic N) is 1. The largest absolute Gasteiger partial charge is 0.395 e. The van der Waals surface area contributed by atoms with E-state index in [1.54, 1.807) is 7.05 Å². The third-order valence-corrected chi connectivity index (χ3v) is 0.659. The van der Waals surface area contributed by atoms with Crippen molar-refractivity contribution >= 4 is 18.4 Å². The molecule has 0 saturated carbocycles. The van der Waals surface area contributed by atoms with E-state index in [1.807, 2.05) is 0 Å². The summed E-state index contributed by atoms with van der Waals surface area (Å²) in [6.07, 6.45) is 0. The smallest absolute Gasteiger partial charge is 0.188 e. The van der Waals surface area contributed by atoms with Gasteiger partial charge >= 0.3 is 0 Å². The summed E-state index contributed by atoms with van der Waals surface area (Å²) in [4.78, 5) is 3.60. The van der Waals surface area contributed by atoms with Gasteiger partial charge in [-0.05, 0) is 0 Å². The van der Waals surface area contributed by atoms with Crippen LogP contribution in [-0.4, -0.2) is 31.3 Å². The number of aliphatic hydroxyl groups is 1. The second kappa shape index (κ2) is 7.52. The number of guanidine groups is 1. The van der Waals surface area contributed by atoms with Crippen LogP contribution in [0, 0.1) is 0 Å². The summed E-state index contributed by atoms with van der Waals surface area (Å²) >= 11 is 0. The Hall–Kier alpha value is -0.480. The van der Waals surface area contributed by atoms with Crippen molar-refractivity contribution in [2.75, 3.05) is 20.2 Å². The molecule has 4 nitrogen and oxygen atoms in total. The van der Waals surface area contributed by atoms with Crippen LogP contribution in [0.4, 0.5) is 0 Å². The first-order valence-electron chi connectivity index (χ1n) is 2.38. The molecule has 0 aliphatic heterocycles. The van der Waals surface area contributed by atoms with Gasteiger partial charge in [-0.15, -0.1) is 12.4 Å². The molecule has 0 aromatic rings. The molecule has 5 heteroatoms. The summed E-state index contributed by atoms with van der Waals surface area (Å²) in [5.74, 6) is 0.360. The third kappa shape index (κ3) is 7.52. The predicted molar refractivity (Wildman–Crippen MR) is 39.9 cm³/mol. The second-order valence-electron chi connectivity index (χ2n) is 1.26. The molecule has 0 bridgehead atoms. The first-order valence-corrected chi connectivity index (χ1v) is 2.38. The van der Waals surface area contributed by atoms with Crippen LogP contribution in [0.5, 0.6) is 0 Å². The molecule has 4 N–H and O–H groups in total. The van der Waals surface area contributed by atoms with Gasteiger partial charge in [-0.25, -0.2) is 0 Å². The quantitative estimate of drug-likeness (QED) is 0.350. The topological polar surface area (TPSA) is 70.6 Å². The lowest BCUT2D eigenvalue weighted by Crippen LogP contribution is -2.33. The van der Waals surface area contributed by atoms with Gasteiger partial charge in [0.05, 0.1) is 6.61 Å². The fourth-order valence-corrected chi connectivity index (χ4v) is 0.263. The zero-order valence-corrected chi connectivity index (χ0v) is 6.11. The molecular weight excluding hydrogens is 142 g/mol. The maximum Gasteiger partial charge on any atom is 0.188 e. The predicted octanol–water partition coefficient (Wildman–Crippen LogP) is -1.07. The number of halogens is 1. The molecule has 0 aromatic heterocycles. The van der Waals surface area contributed by atoms with Crippen LogP contribution in [0.15, 0.2) is 4.99 Å². The minimum absolute atomic E-state index is 0. The van der Waals surface area contributed by atoms with Crippen molar-refractivity contribution in [2.24, 2.45) is 10.7 Å². The van der Waals surface area contributed by atoms with Gasteiger partial charge in [0.2, 0.25) is 0 Å². The Morgan fingerprint density at radius 3 is 2.67 bits per heavy atom. The molecule has 0 rings (SSSR count). The van der Waals surface area contributed by atoms with Crippen molar-refractivity contribution in [3.8, 4) is 0 Å². The van der Waals surface area contributed by atoms with Gasteiger partial charge in [-0.2, -0.15) is 0 Å². The molecule has 0 aliphatic carbocycles. The summed E-state index contributed by atoms with van der Waals surface area (Å²) in [5, 5.41) is 10.9. The van der Waals surface area contributed by atoms with Crippen LogP contribution in [0.3, 0.4) is 0 Å². The highest BCUT2D eigenvalue weighted by Gasteiger charge is 1.82. The van der Waals surface area contributed by atoms with Crippen molar-refractivity contribution in [3.05, 3.63) is 0 Å². The summed E-state index contributed by atoms with van der Waals surface area (Å²) in [7, 11) is 1.58. The Labute approximate surface area is 60.6 Å². The van der Waals surface area contributed by atoms with E-state index in [1.165, 1.54) is 0 Å². The van der Waals surface area contributed by atoms with Crippen molar-refractivity contribution in [1.29, 1.82) is 0 Å². The monoisotopic (exact) mass is 153 g/mol. The van der Waals surface area contributed by atoms with Crippen molar-refractivity contribution in [2.45, 2.75) is 0 Å². The molecule has 0 fully saturated rings. The summed E-state index contributed by atoms with van der Waals surface area (Å²) < 4.78 is 0. The molecule has 0 aliphatic rings. The van der Waals surface area contributed by atoms with Gasteiger partial charge in [0.25, 0.3) is 0 Å². The molecule has 9 heavy (non-hydrogen) atoms. The molecule has 0 saturated heterocycles. The lowest BCUT2D eigenvalue weighted by atomic mass is 10.7. The van der Waals surface area contributed by atoms with Crippen LogP contribution < -0.4 is 11.1 Å². The van der Waals surface area contributed by atoms with E-state index in [0.717, 1.165) is 0 Å². The van der Waals surface area contributed by atoms with E-state index in [0.29, 0.717) is 12.5 Å². The highest BCUT2D eigenvalue weighted by molar-refractivity contribution is 5.85. The maximum atomic E-state index is 8.24. The zero-order valence-electron chi connectivity index (χ0n) is 5.29. The lowest BCUT2D eigenvalue weighted by molar-refractivity contribution is 0.300. The molecular formula is C4H12ClN3O. The molecule has 0 aromatic carbocycles. The van der Waals surface area contributed by atoms with Crippen LogP contribution in [0.25, 0.3) is 0 Å². The number of hydrogen-bond acceptors (Lipinski definition) is 2. The van der Waals surface area contributed by atoms with Crippen molar-refractivity contribution in [1.82, 2.24) is 5.32 Å². The number of aliphatic hydroxyl groups excluding tert-OH is 1. The molecule has 0 atom stereocenters. The number of nitrogens with one attached hydrogen (secondary N) is 1. The van der Waals surface area contributed by atoms with Crippen LogP contribution in [0.2, 0.25) is 0 Å². The molecule has 0 spiro atoms. The lowest BCUT2D eigenvalue weighted by Gasteiger charge is -1.98. The van der Waals surface area contributed by atoms with Gasteiger partial charge < -0.3 is 16.2 Å². The van der Waals surface area contributed by atoms with E-state index < -0.39 is 0 Å². The number of nitrogens with two attached hydrogens (primary N) is 1. The Morgan fingerprint density at radius 2 is 2.33 bits per heavy atom. The Bertz CT molecular complexity index is 85.9. The normalized spacial score (nSPS) is 10.2. The van der Waals surface area contributed by atoms with Gasteiger partial charge in [0.1, 0.15) is 0 Å². The molecule has 0 heterocycles. The minimum atomic E-state index is 0. The van der Waals surface area contributed by atoms with E-state index in [4.69, 9.17) is 10.8 Å². The first-order chi connectivity index (χ1) is 3.81. The van der Waals surface area contributed by atoms with E-state index >= 15 is 0 Å². The summed E-state index contributed by atoms with van der Waals surface area (Å²) in [5.41, 5.74) is 5.19. The van der Waals surface area contributed by atoms with Crippen LogP contribution in [0.1, 0.15) is 0 Å². The van der Waals surface area contributed by atoms with E-state index in [9.17, 15) is 0 Å². The third-order valence-electron chi connectivity index (χ3n) is 0.659. The van der Waals surface area contributed by atoms with Crippen molar-refractivity contribution in [3.63, 3.8) is 0 Å². The van der Waals surface area contributed by atoms with Gasteiger partial charge in [0, 0.05) is 13.6 Å².